The molecule has 38 heavy (non-hydrogen) atoms. The van der Waals surface area contributed by atoms with E-state index in [-0.39, 0.29) is 29.7 Å². The molecule has 2 rings (SSSR count). The number of hydrogen-bond acceptors (Lipinski definition) is 10. The molecule has 16 nitrogen and oxygen atoms in total. The van der Waals surface area contributed by atoms with Gasteiger partial charge in [0, 0.05) is 14.7 Å². The molecule has 17 heteroatoms. The van der Waals surface area contributed by atoms with Gasteiger partial charge in [-0.05, 0) is 39.6 Å². The molecule has 2 fully saturated rings. The normalized spacial score (nSPS) is 35.9. The van der Waals surface area contributed by atoms with Crippen molar-refractivity contribution in [3.8, 4) is 0 Å². The number of ether oxygens (including phenoxy) is 2. The summed E-state index contributed by atoms with van der Waals surface area (Å²) in [5.41, 5.74) is 27.6. The SMILES string of the molecule is CC(C)[Si](OCC1OC(O[C@@H]2C(N=[N+]=[N-])CC(N=[N+]=[N-])[C@@H](O)[C@H]2O)[C@@H](N=[N+]=[N-])[C@@H](O)[C@@H]1O)(C(C)C)C(C)C. The minimum absolute atomic E-state index is 0.0730. The van der Waals surface area contributed by atoms with E-state index in [1.165, 1.54) is 0 Å². The van der Waals surface area contributed by atoms with E-state index < -0.39 is 69.4 Å². The standard InChI is InChI=1S/C21H39N9O7Si/c1-9(2)38(10(3)4,11(5)6)35-8-14-17(32)18(33)15(27-30-24)21(36-14)37-20-13(26-29-23)7-12(25-28-22)16(31)19(20)34/h9-21,31-34H,7-8H2,1-6H3/t12?,13?,14?,15-,16+,17+,18+,19+,20+,21?/m0/s1. The van der Waals surface area contributed by atoms with Crippen LogP contribution in [0.15, 0.2) is 15.3 Å². The zero-order valence-electron chi connectivity index (χ0n) is 22.5. The van der Waals surface area contributed by atoms with Crippen LogP contribution >= 0.6 is 0 Å². The van der Waals surface area contributed by atoms with Crippen molar-refractivity contribution in [3.05, 3.63) is 31.3 Å². The van der Waals surface area contributed by atoms with Crippen LogP contribution in [0.25, 0.3) is 31.3 Å². The largest absolute Gasteiger partial charge is 0.413 e. The van der Waals surface area contributed by atoms with Crippen molar-refractivity contribution in [1.29, 1.82) is 0 Å². The van der Waals surface area contributed by atoms with E-state index in [1.54, 1.807) is 0 Å². The number of aliphatic hydroxyl groups is 4. The van der Waals surface area contributed by atoms with E-state index in [4.69, 9.17) is 30.5 Å². The van der Waals surface area contributed by atoms with Crippen LogP contribution in [0.1, 0.15) is 48.0 Å². The molecule has 10 atom stereocenters. The Labute approximate surface area is 221 Å². The Morgan fingerprint density at radius 2 is 1.32 bits per heavy atom. The summed E-state index contributed by atoms with van der Waals surface area (Å²) in [6, 6.07) is -3.61. The zero-order valence-corrected chi connectivity index (χ0v) is 23.5. The predicted molar refractivity (Wildman–Crippen MR) is 138 cm³/mol. The summed E-state index contributed by atoms with van der Waals surface area (Å²) in [7, 11) is -2.38. The highest BCUT2D eigenvalue weighted by atomic mass is 28.4. The average Bonchev–Trinajstić information content (AvgIpc) is 2.84. The van der Waals surface area contributed by atoms with Crippen LogP contribution in [-0.2, 0) is 13.9 Å². The lowest BCUT2D eigenvalue weighted by molar-refractivity contribution is -0.293. The van der Waals surface area contributed by atoms with Gasteiger partial charge < -0.3 is 34.3 Å². The van der Waals surface area contributed by atoms with Gasteiger partial charge in [0.2, 0.25) is 0 Å². The van der Waals surface area contributed by atoms with Crippen molar-refractivity contribution >= 4 is 8.32 Å². The van der Waals surface area contributed by atoms with Gasteiger partial charge in [0.25, 0.3) is 0 Å². The van der Waals surface area contributed by atoms with Crippen LogP contribution in [0.5, 0.6) is 0 Å². The van der Waals surface area contributed by atoms with Crippen molar-refractivity contribution in [2.24, 2.45) is 15.3 Å². The van der Waals surface area contributed by atoms with Gasteiger partial charge in [0.1, 0.15) is 24.4 Å². The molecule has 0 spiro atoms. The Balaban J connectivity index is 2.36. The Morgan fingerprint density at radius 3 is 1.82 bits per heavy atom. The van der Waals surface area contributed by atoms with Crippen LogP contribution in [0.4, 0.5) is 0 Å². The van der Waals surface area contributed by atoms with Gasteiger partial charge in [-0.2, -0.15) is 0 Å². The summed E-state index contributed by atoms with van der Waals surface area (Å²) in [5.74, 6) is 0. The first kappa shape index (κ1) is 32.1. The monoisotopic (exact) mass is 557 g/mol. The van der Waals surface area contributed by atoms with Crippen molar-refractivity contribution in [2.75, 3.05) is 6.61 Å². The Hall–Kier alpha value is -2.13. The summed E-state index contributed by atoms with van der Waals surface area (Å²) in [5, 5.41) is 53.4. The van der Waals surface area contributed by atoms with Crippen LogP contribution < -0.4 is 0 Å². The molecular formula is C21H39N9O7Si. The third-order valence-corrected chi connectivity index (χ3v) is 13.8. The fourth-order valence-corrected chi connectivity index (χ4v) is 11.4. The summed E-state index contributed by atoms with van der Waals surface area (Å²) < 4.78 is 18.4. The Morgan fingerprint density at radius 1 is 0.789 bits per heavy atom. The molecule has 1 saturated carbocycles. The summed E-state index contributed by atoms with van der Waals surface area (Å²) in [4.78, 5) is 8.11. The van der Waals surface area contributed by atoms with Gasteiger partial charge in [-0.1, -0.05) is 56.9 Å². The topological polar surface area (TPSA) is 255 Å². The van der Waals surface area contributed by atoms with Crippen LogP contribution in [0, 0.1) is 0 Å². The van der Waals surface area contributed by atoms with Crippen molar-refractivity contribution in [3.63, 3.8) is 0 Å². The van der Waals surface area contributed by atoms with Crippen molar-refractivity contribution < 1.29 is 34.3 Å². The number of azide groups is 3. The van der Waals surface area contributed by atoms with Gasteiger partial charge in [0.05, 0.1) is 37.0 Å². The first-order valence-corrected chi connectivity index (χ1v) is 14.8. The highest BCUT2D eigenvalue weighted by molar-refractivity contribution is 6.77. The molecule has 0 aromatic rings. The summed E-state index contributed by atoms with van der Waals surface area (Å²) in [6.07, 6.45) is -10.4. The molecule has 0 bridgehead atoms. The molecule has 2 aliphatic rings. The van der Waals surface area contributed by atoms with Crippen LogP contribution in [-0.4, -0.2) is 96.4 Å². The van der Waals surface area contributed by atoms with E-state index in [0.29, 0.717) is 0 Å². The molecule has 1 heterocycles. The Kier molecular flexibility index (Phi) is 11.6. The number of rotatable bonds is 11. The van der Waals surface area contributed by atoms with Crippen molar-refractivity contribution in [1.82, 2.24) is 0 Å². The number of aliphatic hydroxyl groups excluding tert-OH is 4. The molecule has 0 radical (unpaired) electrons. The molecule has 0 amide bonds. The molecular weight excluding hydrogens is 518 g/mol. The minimum Gasteiger partial charge on any atom is -0.413 e. The smallest absolute Gasteiger partial charge is 0.200 e. The highest BCUT2D eigenvalue weighted by Gasteiger charge is 2.51. The first-order chi connectivity index (χ1) is 17.9. The second-order valence-electron chi connectivity index (χ2n) is 10.7. The lowest BCUT2D eigenvalue weighted by Gasteiger charge is -2.47. The second kappa shape index (κ2) is 13.8. The average molecular weight is 558 g/mol. The quantitative estimate of drug-likeness (QED) is 0.127. The van der Waals surface area contributed by atoms with E-state index in [1.807, 2.05) is 0 Å². The van der Waals surface area contributed by atoms with Crippen LogP contribution in [0.3, 0.4) is 0 Å². The second-order valence-corrected chi connectivity index (χ2v) is 16.2. The number of hydrogen-bond donors (Lipinski definition) is 4. The molecule has 1 saturated heterocycles. The first-order valence-electron chi connectivity index (χ1n) is 12.7. The lowest BCUT2D eigenvalue weighted by atomic mass is 9.84. The fraction of sp³-hybridized carbons (Fsp3) is 1.00. The maximum absolute atomic E-state index is 10.8. The van der Waals surface area contributed by atoms with E-state index >= 15 is 0 Å². The van der Waals surface area contributed by atoms with Crippen LogP contribution in [0.2, 0.25) is 16.6 Å². The molecule has 1 aliphatic heterocycles. The molecule has 214 valence electrons. The van der Waals surface area contributed by atoms with E-state index in [2.05, 4.69) is 71.6 Å². The lowest BCUT2D eigenvalue weighted by Crippen LogP contribution is -2.63. The van der Waals surface area contributed by atoms with Gasteiger partial charge in [0.15, 0.2) is 14.6 Å². The number of nitrogens with zero attached hydrogens (tertiary/aromatic N) is 9. The van der Waals surface area contributed by atoms with E-state index in [9.17, 15) is 20.4 Å². The highest BCUT2D eigenvalue weighted by Crippen LogP contribution is 2.43. The molecule has 1 aliphatic carbocycles. The minimum atomic E-state index is -2.38. The summed E-state index contributed by atoms with van der Waals surface area (Å²) >= 11 is 0. The maximum atomic E-state index is 10.8. The zero-order chi connectivity index (χ0) is 28.8. The van der Waals surface area contributed by atoms with Gasteiger partial charge in [-0.15, -0.1) is 0 Å². The van der Waals surface area contributed by atoms with Gasteiger partial charge in [-0.3, -0.25) is 0 Å². The molecule has 4 unspecified atom stereocenters. The van der Waals surface area contributed by atoms with Crippen molar-refractivity contribution in [2.45, 2.75) is 126 Å². The predicted octanol–water partition coefficient (Wildman–Crippen LogP) is 3.17. The molecule has 0 aromatic carbocycles. The Bertz CT molecular complexity index is 918. The fourth-order valence-electron chi connectivity index (χ4n) is 5.93. The third-order valence-electron chi connectivity index (χ3n) is 7.69. The van der Waals surface area contributed by atoms with Gasteiger partial charge in [-0.25, -0.2) is 0 Å². The molecule has 0 aromatic heterocycles. The maximum Gasteiger partial charge on any atom is 0.200 e. The molecule has 4 N–H and O–H groups in total. The summed E-state index contributed by atoms with van der Waals surface area (Å²) in [6.45, 7) is 12.5. The van der Waals surface area contributed by atoms with E-state index in [0.717, 1.165) is 0 Å². The van der Waals surface area contributed by atoms with Gasteiger partial charge >= 0.3 is 0 Å². The third kappa shape index (κ3) is 6.53.